The van der Waals surface area contributed by atoms with Crippen LogP contribution in [0.3, 0.4) is 0 Å². The van der Waals surface area contributed by atoms with Crippen LogP contribution in [0.1, 0.15) is 16.5 Å². The Balaban J connectivity index is 2.28. The molecule has 0 saturated heterocycles. The molecule has 74 valence electrons. The minimum absolute atomic E-state index is 0.0349. The molecule has 14 heavy (non-hydrogen) atoms. The second kappa shape index (κ2) is 4.49. The van der Waals surface area contributed by atoms with Gasteiger partial charge in [-0.15, -0.1) is 22.7 Å². The number of halogens is 2. The summed E-state index contributed by atoms with van der Waals surface area (Å²) < 4.78 is 2.05. The number of nitrogens with two attached hydrogens (primary N) is 1. The van der Waals surface area contributed by atoms with E-state index in [1.807, 2.05) is 12.1 Å². The molecular formula is C9H7ClINS2. The van der Waals surface area contributed by atoms with Gasteiger partial charge in [0.1, 0.15) is 0 Å². The zero-order chi connectivity index (χ0) is 10.1. The van der Waals surface area contributed by atoms with Gasteiger partial charge in [-0.2, -0.15) is 0 Å². The minimum atomic E-state index is -0.0349. The molecule has 1 atom stereocenters. The van der Waals surface area contributed by atoms with E-state index >= 15 is 0 Å². The highest BCUT2D eigenvalue weighted by atomic mass is 127. The molecule has 0 saturated carbocycles. The maximum atomic E-state index is 6.10. The van der Waals surface area contributed by atoms with E-state index in [9.17, 15) is 0 Å². The van der Waals surface area contributed by atoms with E-state index in [0.29, 0.717) is 0 Å². The maximum Gasteiger partial charge on any atom is 0.0931 e. The van der Waals surface area contributed by atoms with Crippen molar-refractivity contribution in [3.63, 3.8) is 0 Å². The molecule has 0 bridgehead atoms. The molecular weight excluding hydrogens is 349 g/mol. The molecule has 0 aliphatic rings. The first kappa shape index (κ1) is 10.9. The van der Waals surface area contributed by atoms with Gasteiger partial charge in [0.05, 0.1) is 13.3 Å². The smallest absolute Gasteiger partial charge is 0.0931 e. The van der Waals surface area contributed by atoms with Crippen LogP contribution in [-0.4, -0.2) is 0 Å². The van der Waals surface area contributed by atoms with Crippen molar-refractivity contribution >= 4 is 56.9 Å². The highest BCUT2D eigenvalue weighted by molar-refractivity contribution is 14.1. The maximum absolute atomic E-state index is 6.10. The van der Waals surface area contributed by atoms with Gasteiger partial charge < -0.3 is 5.73 Å². The van der Waals surface area contributed by atoms with Gasteiger partial charge in [0.25, 0.3) is 0 Å². The topological polar surface area (TPSA) is 26.0 Å². The summed E-state index contributed by atoms with van der Waals surface area (Å²) in [6.07, 6.45) is 0. The molecule has 0 amide bonds. The summed E-state index contributed by atoms with van der Waals surface area (Å²) in [5.74, 6) is 0. The van der Waals surface area contributed by atoms with Crippen LogP contribution in [0.5, 0.6) is 0 Å². The lowest BCUT2D eigenvalue weighted by Crippen LogP contribution is -2.08. The molecule has 1 nitrogen and oxygen atoms in total. The van der Waals surface area contributed by atoms with Crippen molar-refractivity contribution in [1.29, 1.82) is 0 Å². The van der Waals surface area contributed by atoms with Crippen LogP contribution < -0.4 is 5.73 Å². The van der Waals surface area contributed by atoms with Crippen LogP contribution in [0.25, 0.3) is 0 Å². The summed E-state index contributed by atoms with van der Waals surface area (Å²) in [7, 11) is 0. The first-order valence-corrected chi connectivity index (χ1v) is 7.07. The normalized spacial score (nSPS) is 13.1. The van der Waals surface area contributed by atoms with Gasteiger partial charge in [0, 0.05) is 4.88 Å². The molecule has 1 unspecified atom stereocenters. The third-order valence-electron chi connectivity index (χ3n) is 1.85. The monoisotopic (exact) mass is 355 g/mol. The SMILES string of the molecule is NC(c1csc(I)c1)c1ccc(Cl)s1. The number of hydrogen-bond donors (Lipinski definition) is 1. The van der Waals surface area contributed by atoms with Gasteiger partial charge >= 0.3 is 0 Å². The summed E-state index contributed by atoms with van der Waals surface area (Å²) in [6, 6.07) is 5.96. The number of thiophene rings is 2. The lowest BCUT2D eigenvalue weighted by Gasteiger charge is -2.05. The molecule has 2 aromatic rings. The Bertz CT molecular complexity index is 397. The standard InChI is InChI=1S/C9H7ClINS2/c10-7-2-1-6(14-7)9(12)5-3-8(11)13-4-5/h1-4,9H,12H2. The Morgan fingerprint density at radius 3 is 2.71 bits per heavy atom. The van der Waals surface area contributed by atoms with Gasteiger partial charge in [-0.25, -0.2) is 0 Å². The van der Waals surface area contributed by atoms with Gasteiger partial charge in [-0.05, 0) is 51.7 Å². The van der Waals surface area contributed by atoms with Gasteiger partial charge in [0.15, 0.2) is 0 Å². The van der Waals surface area contributed by atoms with Crippen LogP contribution in [0.4, 0.5) is 0 Å². The van der Waals surface area contributed by atoms with E-state index in [0.717, 1.165) is 14.8 Å². The molecule has 2 heterocycles. The largest absolute Gasteiger partial charge is 0.320 e. The molecule has 0 aliphatic heterocycles. The highest BCUT2D eigenvalue weighted by Gasteiger charge is 2.12. The summed E-state index contributed by atoms with van der Waals surface area (Å²) in [5.41, 5.74) is 7.26. The number of rotatable bonds is 2. The van der Waals surface area contributed by atoms with Crippen molar-refractivity contribution in [2.24, 2.45) is 5.73 Å². The second-order valence-corrected chi connectivity index (χ2v) is 7.36. The lowest BCUT2D eigenvalue weighted by molar-refractivity contribution is 0.899. The fraction of sp³-hybridized carbons (Fsp3) is 0.111. The Labute approximate surface area is 109 Å². The second-order valence-electron chi connectivity index (χ2n) is 2.80. The van der Waals surface area contributed by atoms with Crippen molar-refractivity contribution in [1.82, 2.24) is 0 Å². The zero-order valence-corrected chi connectivity index (χ0v) is 11.6. The highest BCUT2D eigenvalue weighted by Crippen LogP contribution is 2.31. The van der Waals surface area contributed by atoms with Crippen molar-refractivity contribution in [2.75, 3.05) is 0 Å². The molecule has 0 spiro atoms. The molecule has 2 N–H and O–H groups in total. The van der Waals surface area contributed by atoms with E-state index in [4.69, 9.17) is 17.3 Å². The summed E-state index contributed by atoms with van der Waals surface area (Å²) in [5, 5.41) is 2.10. The van der Waals surface area contributed by atoms with E-state index in [-0.39, 0.29) is 6.04 Å². The van der Waals surface area contributed by atoms with Crippen LogP contribution in [0.2, 0.25) is 4.34 Å². The van der Waals surface area contributed by atoms with Crippen molar-refractivity contribution < 1.29 is 0 Å². The quantitative estimate of drug-likeness (QED) is 0.806. The molecule has 0 radical (unpaired) electrons. The molecule has 2 aromatic heterocycles. The zero-order valence-electron chi connectivity index (χ0n) is 7.04. The molecule has 0 fully saturated rings. The van der Waals surface area contributed by atoms with Crippen LogP contribution in [0, 0.1) is 2.88 Å². The third kappa shape index (κ3) is 2.30. The fourth-order valence-electron chi connectivity index (χ4n) is 1.15. The molecule has 2 rings (SSSR count). The van der Waals surface area contributed by atoms with Crippen molar-refractivity contribution in [2.45, 2.75) is 6.04 Å². The minimum Gasteiger partial charge on any atom is -0.320 e. The Kier molecular flexibility index (Phi) is 3.49. The summed E-state index contributed by atoms with van der Waals surface area (Å²) >= 11 is 11.4. The first-order chi connectivity index (χ1) is 6.66. The van der Waals surface area contributed by atoms with Gasteiger partial charge in [0.2, 0.25) is 0 Å². The van der Waals surface area contributed by atoms with E-state index in [2.05, 4.69) is 34.0 Å². The van der Waals surface area contributed by atoms with Crippen LogP contribution >= 0.6 is 56.9 Å². The average molecular weight is 356 g/mol. The Morgan fingerprint density at radius 1 is 1.43 bits per heavy atom. The van der Waals surface area contributed by atoms with Crippen molar-refractivity contribution in [3.05, 3.63) is 41.2 Å². The van der Waals surface area contributed by atoms with E-state index in [1.54, 1.807) is 22.7 Å². The van der Waals surface area contributed by atoms with Gasteiger partial charge in [-0.1, -0.05) is 11.6 Å². The summed E-state index contributed by atoms with van der Waals surface area (Å²) in [6.45, 7) is 0. The van der Waals surface area contributed by atoms with Crippen molar-refractivity contribution in [3.8, 4) is 0 Å². The summed E-state index contributed by atoms with van der Waals surface area (Å²) in [4.78, 5) is 1.12. The predicted octanol–water partition coefficient (Wildman–Crippen LogP) is 4.12. The predicted molar refractivity (Wildman–Crippen MR) is 72.4 cm³/mol. The molecule has 0 aliphatic carbocycles. The average Bonchev–Trinajstić information content (AvgIpc) is 2.73. The molecule has 5 heteroatoms. The first-order valence-electron chi connectivity index (χ1n) is 3.91. The Hall–Kier alpha value is 0.380. The number of hydrogen-bond acceptors (Lipinski definition) is 3. The lowest BCUT2D eigenvalue weighted by atomic mass is 10.1. The van der Waals surface area contributed by atoms with Crippen LogP contribution in [0.15, 0.2) is 23.6 Å². The van der Waals surface area contributed by atoms with E-state index < -0.39 is 0 Å². The van der Waals surface area contributed by atoms with Crippen LogP contribution in [-0.2, 0) is 0 Å². The van der Waals surface area contributed by atoms with E-state index in [1.165, 1.54) is 2.88 Å². The third-order valence-corrected chi connectivity index (χ3v) is 4.97. The fourth-order valence-corrected chi connectivity index (χ4v) is 3.65. The molecule has 0 aromatic carbocycles. The van der Waals surface area contributed by atoms with Gasteiger partial charge in [-0.3, -0.25) is 0 Å². The Morgan fingerprint density at radius 2 is 2.21 bits per heavy atom.